The van der Waals surface area contributed by atoms with Gasteiger partial charge in [0, 0.05) is 13.0 Å². The van der Waals surface area contributed by atoms with Crippen LogP contribution in [-0.2, 0) is 36.7 Å². The van der Waals surface area contributed by atoms with Gasteiger partial charge in [-0.15, -0.1) is 0 Å². The summed E-state index contributed by atoms with van der Waals surface area (Å²) in [6.45, 7) is 2.93. The maximum atomic E-state index is 13.5. The van der Waals surface area contributed by atoms with Crippen molar-refractivity contribution in [2.75, 3.05) is 26.9 Å². The molecule has 2 N–H and O–H groups in total. The van der Waals surface area contributed by atoms with Crippen LogP contribution in [0.4, 0.5) is 0 Å². The van der Waals surface area contributed by atoms with E-state index in [0.29, 0.717) is 38.4 Å². The highest BCUT2D eigenvalue weighted by molar-refractivity contribution is 5.98. The van der Waals surface area contributed by atoms with E-state index in [0.717, 1.165) is 11.1 Å². The standard InChI is InChI=1S/C27H32N2O6/c1-27(17-35-27)24(30)22(14-18-6-4-3-5-7-18)28-26(32)23(29-25(31)20-12-13-34-16-20)15-19-8-10-21(33-2)11-9-19/h3-11,20,22-23H,12-17H2,1-2H3,(H,28,32)(H,29,31). The normalized spacial score (nSPS) is 22.6. The molecule has 0 radical (unpaired) electrons. The van der Waals surface area contributed by atoms with Gasteiger partial charge in [0.15, 0.2) is 5.78 Å². The number of hydrogen-bond donors (Lipinski definition) is 2. The molecule has 8 nitrogen and oxygen atoms in total. The van der Waals surface area contributed by atoms with Crippen molar-refractivity contribution in [1.82, 2.24) is 10.6 Å². The summed E-state index contributed by atoms with van der Waals surface area (Å²) < 4.78 is 15.9. The van der Waals surface area contributed by atoms with Crippen LogP contribution in [0.5, 0.6) is 5.75 Å². The number of carbonyl (C=O) groups is 3. The van der Waals surface area contributed by atoms with Crippen molar-refractivity contribution in [2.45, 2.75) is 43.9 Å². The predicted molar refractivity (Wildman–Crippen MR) is 129 cm³/mol. The summed E-state index contributed by atoms with van der Waals surface area (Å²) in [5.74, 6) is -0.394. The van der Waals surface area contributed by atoms with Crippen molar-refractivity contribution in [1.29, 1.82) is 0 Å². The number of nitrogens with one attached hydrogen (secondary N) is 2. The molecule has 0 bridgehead atoms. The van der Waals surface area contributed by atoms with Gasteiger partial charge >= 0.3 is 0 Å². The van der Waals surface area contributed by atoms with Crippen LogP contribution in [0, 0.1) is 5.92 Å². The van der Waals surface area contributed by atoms with Crippen LogP contribution in [0.1, 0.15) is 24.5 Å². The van der Waals surface area contributed by atoms with Crippen LogP contribution in [0.2, 0.25) is 0 Å². The summed E-state index contributed by atoms with van der Waals surface area (Å²) in [5, 5.41) is 5.81. The molecule has 0 aliphatic carbocycles. The van der Waals surface area contributed by atoms with E-state index in [1.54, 1.807) is 14.0 Å². The van der Waals surface area contributed by atoms with Gasteiger partial charge in [0.25, 0.3) is 0 Å². The van der Waals surface area contributed by atoms with Crippen LogP contribution in [0.25, 0.3) is 0 Å². The van der Waals surface area contributed by atoms with Crippen molar-refractivity contribution in [3.63, 3.8) is 0 Å². The van der Waals surface area contributed by atoms with Gasteiger partial charge in [0.1, 0.15) is 17.4 Å². The molecule has 8 heteroatoms. The molecule has 186 valence electrons. The molecule has 0 saturated carbocycles. The van der Waals surface area contributed by atoms with E-state index in [4.69, 9.17) is 14.2 Å². The molecule has 2 amide bonds. The molecule has 2 saturated heterocycles. The topological polar surface area (TPSA) is 106 Å². The average Bonchev–Trinajstić information content (AvgIpc) is 3.39. The quantitative estimate of drug-likeness (QED) is 0.476. The Hall–Kier alpha value is -3.23. The predicted octanol–water partition coefficient (Wildman–Crippen LogP) is 1.84. The Morgan fingerprint density at radius 1 is 1.00 bits per heavy atom. The smallest absolute Gasteiger partial charge is 0.243 e. The number of amides is 2. The lowest BCUT2D eigenvalue weighted by Crippen LogP contribution is -2.55. The Kier molecular flexibility index (Phi) is 7.83. The average molecular weight is 481 g/mol. The van der Waals surface area contributed by atoms with E-state index in [1.165, 1.54) is 0 Å². The van der Waals surface area contributed by atoms with Gasteiger partial charge in [-0.25, -0.2) is 0 Å². The number of methoxy groups -OCH3 is 1. The van der Waals surface area contributed by atoms with E-state index in [9.17, 15) is 14.4 Å². The Labute approximate surface area is 205 Å². The number of hydrogen-bond acceptors (Lipinski definition) is 6. The fraction of sp³-hybridized carbons (Fsp3) is 0.444. The minimum absolute atomic E-state index is 0.173. The zero-order valence-corrected chi connectivity index (χ0v) is 20.1. The zero-order chi connectivity index (χ0) is 24.8. The molecule has 4 atom stereocenters. The van der Waals surface area contributed by atoms with E-state index in [2.05, 4.69) is 10.6 Å². The lowest BCUT2D eigenvalue weighted by Gasteiger charge is -2.25. The summed E-state index contributed by atoms with van der Waals surface area (Å²) in [6.07, 6.45) is 1.23. The second-order valence-corrected chi connectivity index (χ2v) is 9.31. The van der Waals surface area contributed by atoms with Crippen LogP contribution in [-0.4, -0.2) is 62.2 Å². The summed E-state index contributed by atoms with van der Waals surface area (Å²) >= 11 is 0. The maximum Gasteiger partial charge on any atom is 0.243 e. The fourth-order valence-corrected chi connectivity index (χ4v) is 4.19. The Bertz CT molecular complexity index is 1030. The van der Waals surface area contributed by atoms with E-state index >= 15 is 0 Å². The third-order valence-corrected chi connectivity index (χ3v) is 6.55. The van der Waals surface area contributed by atoms with E-state index in [1.807, 2.05) is 54.6 Å². The highest BCUT2D eigenvalue weighted by Gasteiger charge is 2.50. The van der Waals surface area contributed by atoms with Gasteiger partial charge in [-0.2, -0.15) is 0 Å². The number of ether oxygens (including phenoxy) is 3. The number of epoxide rings is 1. The third-order valence-electron chi connectivity index (χ3n) is 6.55. The highest BCUT2D eigenvalue weighted by atomic mass is 16.6. The summed E-state index contributed by atoms with van der Waals surface area (Å²) in [4.78, 5) is 39.5. The molecule has 2 aliphatic heterocycles. The molecule has 2 heterocycles. The van der Waals surface area contributed by atoms with E-state index in [-0.39, 0.29) is 24.0 Å². The minimum atomic E-state index is -0.886. The molecule has 0 aromatic heterocycles. The maximum absolute atomic E-state index is 13.5. The van der Waals surface area contributed by atoms with Crippen LogP contribution < -0.4 is 15.4 Å². The molecule has 35 heavy (non-hydrogen) atoms. The first kappa shape index (κ1) is 24.9. The molecular weight excluding hydrogens is 448 g/mol. The monoisotopic (exact) mass is 480 g/mol. The number of carbonyl (C=O) groups excluding carboxylic acids is 3. The molecule has 2 aromatic carbocycles. The lowest BCUT2D eigenvalue weighted by molar-refractivity contribution is -0.133. The van der Waals surface area contributed by atoms with Crippen molar-refractivity contribution >= 4 is 17.6 Å². The van der Waals surface area contributed by atoms with Crippen LogP contribution in [0.15, 0.2) is 54.6 Å². The number of Topliss-reactive ketones (excluding diaryl/α,β-unsaturated/α-hetero) is 1. The van der Waals surface area contributed by atoms with Crippen molar-refractivity contribution in [3.8, 4) is 5.75 Å². The second-order valence-electron chi connectivity index (χ2n) is 9.31. The third kappa shape index (κ3) is 6.46. The molecule has 4 rings (SSSR count). The van der Waals surface area contributed by atoms with E-state index < -0.39 is 23.6 Å². The van der Waals surface area contributed by atoms with Crippen molar-refractivity contribution in [3.05, 3.63) is 65.7 Å². The van der Waals surface area contributed by atoms with Gasteiger partial charge in [0.2, 0.25) is 11.8 Å². The zero-order valence-electron chi connectivity index (χ0n) is 20.1. The summed E-state index contributed by atoms with van der Waals surface area (Å²) in [6, 6.07) is 15.2. The van der Waals surface area contributed by atoms with Crippen LogP contribution in [0.3, 0.4) is 0 Å². The Balaban J connectivity index is 1.52. The van der Waals surface area contributed by atoms with Crippen molar-refractivity contribution in [2.24, 2.45) is 5.92 Å². The molecule has 2 aliphatic rings. The Morgan fingerprint density at radius 3 is 2.26 bits per heavy atom. The molecular formula is C27H32N2O6. The largest absolute Gasteiger partial charge is 0.497 e. The number of benzene rings is 2. The molecule has 2 fully saturated rings. The molecule has 0 spiro atoms. The molecule has 4 unspecified atom stereocenters. The van der Waals surface area contributed by atoms with Gasteiger partial charge in [-0.3, -0.25) is 14.4 Å². The fourth-order valence-electron chi connectivity index (χ4n) is 4.19. The SMILES string of the molecule is COc1ccc(CC(NC(=O)C2CCOC2)C(=O)NC(Cc2ccccc2)C(=O)C2(C)CO2)cc1. The number of rotatable bonds is 11. The van der Waals surface area contributed by atoms with Gasteiger partial charge in [-0.1, -0.05) is 42.5 Å². The van der Waals surface area contributed by atoms with Gasteiger partial charge in [0.05, 0.1) is 32.3 Å². The number of ketones is 1. The molecule has 2 aromatic rings. The lowest BCUT2D eigenvalue weighted by atomic mass is 9.94. The first-order valence-electron chi connectivity index (χ1n) is 11.9. The summed E-state index contributed by atoms with van der Waals surface area (Å²) in [5.41, 5.74) is 0.898. The first-order chi connectivity index (χ1) is 16.9. The van der Waals surface area contributed by atoms with Gasteiger partial charge in [-0.05, 0) is 43.0 Å². The Morgan fingerprint density at radius 2 is 1.66 bits per heavy atom. The highest BCUT2D eigenvalue weighted by Crippen LogP contribution is 2.29. The van der Waals surface area contributed by atoms with Gasteiger partial charge < -0.3 is 24.8 Å². The minimum Gasteiger partial charge on any atom is -0.497 e. The first-order valence-corrected chi connectivity index (χ1v) is 11.9. The van der Waals surface area contributed by atoms with Crippen LogP contribution >= 0.6 is 0 Å². The van der Waals surface area contributed by atoms with Crippen molar-refractivity contribution < 1.29 is 28.6 Å². The summed E-state index contributed by atoms with van der Waals surface area (Å²) in [7, 11) is 1.59. The second kappa shape index (κ2) is 11.0.